The summed E-state index contributed by atoms with van der Waals surface area (Å²) in [6, 6.07) is 12.5. The first-order valence-corrected chi connectivity index (χ1v) is 13.7. The number of aliphatic hydroxyl groups is 1. The Hall–Kier alpha value is -2.34. The molecule has 1 saturated heterocycles. The van der Waals surface area contributed by atoms with E-state index in [1.54, 1.807) is 7.11 Å². The largest absolute Gasteiger partial charge is 0.504 e. The van der Waals surface area contributed by atoms with Crippen LogP contribution in [0.25, 0.3) is 0 Å². The molecule has 2 aromatic rings. The third kappa shape index (κ3) is 2.39. The molecule has 2 heterocycles. The van der Waals surface area contributed by atoms with E-state index in [-0.39, 0.29) is 23.2 Å². The third-order valence-electron chi connectivity index (χ3n) is 10.6. The van der Waals surface area contributed by atoms with Crippen LogP contribution in [0.2, 0.25) is 0 Å². The zero-order chi connectivity index (χ0) is 24.6. The van der Waals surface area contributed by atoms with Crippen LogP contribution < -0.4 is 4.74 Å². The van der Waals surface area contributed by atoms with Gasteiger partial charge >= 0.3 is 0 Å². The van der Waals surface area contributed by atoms with E-state index < -0.39 is 11.2 Å². The number of aryl methyl sites for hydroxylation is 1. The number of fused-ring (bicyclic) bond motifs is 3. The molecule has 4 aliphatic carbocycles. The number of ether oxygens (including phenoxy) is 2. The predicted molar refractivity (Wildman–Crippen MR) is 136 cm³/mol. The summed E-state index contributed by atoms with van der Waals surface area (Å²) in [6.07, 6.45) is 5.15. The van der Waals surface area contributed by atoms with Crippen LogP contribution in [-0.2, 0) is 22.2 Å². The standard InChI is InChI=1S/C31H35NO4/c1-17-5-4-6-20(13-17)29(2,34)27-21-15-31(27,35-3)28-30-11-12-32(16-18-7-8-18)22(25(21)30)14-19-9-10-23(33)26(36-28)24(19)30/h4-6,9-10,13,18,22,27-28,33-34H,7-8,11-12,14-16H2,1-3H3/t22-,27-,28-,29-,30-,31-/m1/s1. The van der Waals surface area contributed by atoms with Crippen LogP contribution >= 0.6 is 0 Å². The maximum Gasteiger partial charge on any atom is 0.166 e. The fraction of sp³-hybridized carbons (Fsp3) is 0.548. The Labute approximate surface area is 212 Å². The van der Waals surface area contributed by atoms with Crippen LogP contribution in [0.4, 0.5) is 0 Å². The van der Waals surface area contributed by atoms with Gasteiger partial charge in [0.25, 0.3) is 0 Å². The lowest BCUT2D eigenvalue weighted by Crippen LogP contribution is -2.77. The van der Waals surface area contributed by atoms with E-state index in [0.717, 1.165) is 49.4 Å². The van der Waals surface area contributed by atoms with Gasteiger partial charge < -0.3 is 19.7 Å². The van der Waals surface area contributed by atoms with Crippen molar-refractivity contribution in [1.29, 1.82) is 0 Å². The van der Waals surface area contributed by atoms with E-state index in [1.165, 1.54) is 35.1 Å². The summed E-state index contributed by atoms with van der Waals surface area (Å²) in [4.78, 5) is 2.73. The normalized spacial score (nSPS) is 37.2. The summed E-state index contributed by atoms with van der Waals surface area (Å²) < 4.78 is 13.3. The molecule has 4 bridgehead atoms. The number of phenolic OH excluding ortho intramolecular Hbond substituents is 1. The zero-order valence-electron chi connectivity index (χ0n) is 21.4. The van der Waals surface area contributed by atoms with Gasteiger partial charge in [-0.25, -0.2) is 0 Å². The average molecular weight is 486 g/mol. The smallest absolute Gasteiger partial charge is 0.166 e. The van der Waals surface area contributed by atoms with Crippen LogP contribution in [0.3, 0.4) is 0 Å². The highest BCUT2D eigenvalue weighted by molar-refractivity contribution is 5.70. The van der Waals surface area contributed by atoms with Crippen molar-refractivity contribution in [2.24, 2.45) is 11.8 Å². The molecule has 2 aliphatic heterocycles. The molecule has 0 unspecified atom stereocenters. The van der Waals surface area contributed by atoms with Crippen LogP contribution in [-0.4, -0.2) is 53.1 Å². The molecule has 2 N–H and O–H groups in total. The monoisotopic (exact) mass is 485 g/mol. The third-order valence-corrected chi connectivity index (χ3v) is 10.6. The van der Waals surface area contributed by atoms with Gasteiger partial charge in [-0.2, -0.15) is 0 Å². The van der Waals surface area contributed by atoms with Gasteiger partial charge in [-0.15, -0.1) is 0 Å². The summed E-state index contributed by atoms with van der Waals surface area (Å²) in [5.41, 5.74) is 5.43. The predicted octanol–water partition coefficient (Wildman–Crippen LogP) is 4.36. The number of rotatable bonds is 5. The van der Waals surface area contributed by atoms with E-state index in [4.69, 9.17) is 9.47 Å². The molecule has 0 aromatic heterocycles. The van der Waals surface area contributed by atoms with Crippen molar-refractivity contribution >= 4 is 0 Å². The van der Waals surface area contributed by atoms with Gasteiger partial charge in [-0.1, -0.05) is 41.5 Å². The fourth-order valence-corrected chi connectivity index (χ4v) is 9.07. The highest BCUT2D eigenvalue weighted by Gasteiger charge is 2.78. The summed E-state index contributed by atoms with van der Waals surface area (Å²) in [7, 11) is 1.79. The Kier molecular flexibility index (Phi) is 4.07. The number of benzene rings is 2. The number of hydrogen-bond acceptors (Lipinski definition) is 5. The lowest BCUT2D eigenvalue weighted by Gasteiger charge is -2.69. The van der Waals surface area contributed by atoms with Crippen molar-refractivity contribution in [3.63, 3.8) is 0 Å². The molecule has 5 nitrogen and oxygen atoms in total. The average Bonchev–Trinajstić information content (AvgIpc) is 3.59. The second-order valence-electron chi connectivity index (χ2n) is 12.6. The molecule has 188 valence electrons. The zero-order valence-corrected chi connectivity index (χ0v) is 21.4. The topological polar surface area (TPSA) is 62.2 Å². The second-order valence-corrected chi connectivity index (χ2v) is 12.6. The van der Waals surface area contributed by atoms with Gasteiger partial charge in [-0.3, -0.25) is 4.90 Å². The quantitative estimate of drug-likeness (QED) is 0.616. The Bertz CT molecular complexity index is 1340. The Morgan fingerprint density at radius 2 is 2.06 bits per heavy atom. The number of phenols is 1. The van der Waals surface area contributed by atoms with Gasteiger partial charge in [0.15, 0.2) is 11.5 Å². The maximum atomic E-state index is 12.3. The second kappa shape index (κ2) is 6.75. The van der Waals surface area contributed by atoms with E-state index in [1.807, 2.05) is 25.1 Å². The SMILES string of the molecule is CO[C@@]12CC(=C3[C@H]4Cc5ccc(O)c6c5[C@@]3(CCN4CC3CC3)[C@H]1O6)[C@@H]2[C@](C)(O)c1cccc(C)c1. The van der Waals surface area contributed by atoms with Gasteiger partial charge in [0.1, 0.15) is 11.7 Å². The number of hydrogen-bond donors (Lipinski definition) is 2. The number of likely N-dealkylation sites (tertiary alicyclic amines) is 1. The minimum atomic E-state index is -1.10. The van der Waals surface area contributed by atoms with Crippen LogP contribution in [0.5, 0.6) is 11.5 Å². The van der Waals surface area contributed by atoms with E-state index in [0.29, 0.717) is 11.8 Å². The van der Waals surface area contributed by atoms with Gasteiger partial charge in [0, 0.05) is 44.1 Å². The maximum absolute atomic E-state index is 12.3. The van der Waals surface area contributed by atoms with Crippen molar-refractivity contribution in [1.82, 2.24) is 4.90 Å². The lowest BCUT2D eigenvalue weighted by atomic mass is 9.40. The minimum Gasteiger partial charge on any atom is -0.504 e. The molecule has 6 atom stereocenters. The summed E-state index contributed by atoms with van der Waals surface area (Å²) in [5.74, 6) is 1.52. The lowest BCUT2D eigenvalue weighted by molar-refractivity contribution is -0.227. The van der Waals surface area contributed by atoms with Crippen molar-refractivity contribution in [2.75, 3.05) is 20.2 Å². The molecule has 5 heteroatoms. The Balaban J connectivity index is 1.37. The number of nitrogens with zero attached hydrogens (tertiary/aromatic N) is 1. The van der Waals surface area contributed by atoms with Crippen LogP contribution in [0.1, 0.15) is 54.9 Å². The molecule has 6 aliphatic rings. The number of methoxy groups -OCH3 is 1. The van der Waals surface area contributed by atoms with E-state index in [2.05, 4.69) is 30.0 Å². The van der Waals surface area contributed by atoms with Gasteiger partial charge in [0.05, 0.1) is 11.0 Å². The Morgan fingerprint density at radius 3 is 2.81 bits per heavy atom. The first-order chi connectivity index (χ1) is 17.3. The Morgan fingerprint density at radius 1 is 1.22 bits per heavy atom. The van der Waals surface area contributed by atoms with E-state index in [9.17, 15) is 10.2 Å². The van der Waals surface area contributed by atoms with Crippen molar-refractivity contribution in [3.8, 4) is 11.5 Å². The van der Waals surface area contributed by atoms with Crippen molar-refractivity contribution in [2.45, 2.75) is 74.7 Å². The molecule has 3 fully saturated rings. The van der Waals surface area contributed by atoms with Gasteiger partial charge in [-0.05, 0) is 68.2 Å². The molecular weight excluding hydrogens is 450 g/mol. The summed E-state index contributed by atoms with van der Waals surface area (Å²) >= 11 is 0. The fourth-order valence-electron chi connectivity index (χ4n) is 9.07. The van der Waals surface area contributed by atoms with E-state index >= 15 is 0 Å². The molecule has 0 radical (unpaired) electrons. The molecule has 0 amide bonds. The molecule has 8 rings (SSSR count). The molecule has 36 heavy (non-hydrogen) atoms. The molecular formula is C31H35NO4. The molecule has 2 aromatic carbocycles. The first-order valence-electron chi connectivity index (χ1n) is 13.7. The summed E-state index contributed by atoms with van der Waals surface area (Å²) in [6.45, 7) is 6.25. The summed E-state index contributed by atoms with van der Waals surface area (Å²) in [5, 5.41) is 23.2. The number of aromatic hydroxyl groups is 1. The molecule has 1 spiro atoms. The highest BCUT2D eigenvalue weighted by Crippen LogP contribution is 2.73. The first kappa shape index (κ1) is 21.7. The van der Waals surface area contributed by atoms with Gasteiger partial charge in [0.2, 0.25) is 0 Å². The van der Waals surface area contributed by atoms with Crippen LogP contribution in [0, 0.1) is 18.8 Å². The van der Waals surface area contributed by atoms with Crippen molar-refractivity contribution < 1.29 is 19.7 Å². The minimum absolute atomic E-state index is 0.189. The van der Waals surface area contributed by atoms with Crippen LogP contribution in [0.15, 0.2) is 47.5 Å². The number of piperidine rings is 1. The highest BCUT2D eigenvalue weighted by atomic mass is 16.6. The molecule has 2 saturated carbocycles. The van der Waals surface area contributed by atoms with Crippen molar-refractivity contribution in [3.05, 3.63) is 69.8 Å².